The molecule has 3 aromatic carbocycles. The number of hydrogen-bond donors (Lipinski definition) is 1. The van der Waals surface area contributed by atoms with Gasteiger partial charge in [0.15, 0.2) is 0 Å². The Bertz CT molecular complexity index is 1310. The van der Waals surface area contributed by atoms with E-state index >= 15 is 0 Å². The van der Waals surface area contributed by atoms with Crippen LogP contribution in [0.4, 0.5) is 15.8 Å². The van der Waals surface area contributed by atoms with Gasteiger partial charge in [0, 0.05) is 10.6 Å². The molecule has 0 spiro atoms. The van der Waals surface area contributed by atoms with Gasteiger partial charge in [-0.3, -0.25) is 4.79 Å². The van der Waals surface area contributed by atoms with E-state index < -0.39 is 11.8 Å². The minimum absolute atomic E-state index is 0.0176. The molecule has 0 saturated heterocycles. The normalized spacial score (nSPS) is 10.7. The van der Waals surface area contributed by atoms with Gasteiger partial charge in [0.25, 0.3) is 0 Å². The maximum Gasteiger partial charge on any atom is 0.315 e. The first kappa shape index (κ1) is 22.6. The second kappa shape index (κ2) is 9.92. The Morgan fingerprint density at radius 3 is 2.56 bits per heavy atom. The number of nitrogens with one attached hydrogen (secondary N) is 1. The molecule has 4 aromatic rings. The SMILES string of the molecule is Cc1ccc(Nc2c(F)cccc2Cl)c(CC(=O)Oc2ccc(-c3cc(=S)ss3)cc2)c1. The van der Waals surface area contributed by atoms with Gasteiger partial charge in [-0.2, -0.15) is 0 Å². The topological polar surface area (TPSA) is 38.3 Å². The lowest BCUT2D eigenvalue weighted by molar-refractivity contribution is -0.133. The Labute approximate surface area is 202 Å². The second-order valence-electron chi connectivity index (χ2n) is 7.05. The van der Waals surface area contributed by atoms with Crippen LogP contribution in [-0.4, -0.2) is 5.97 Å². The number of hydrogen-bond acceptors (Lipinski definition) is 6. The van der Waals surface area contributed by atoms with E-state index in [1.807, 2.05) is 37.3 Å². The van der Waals surface area contributed by atoms with Crippen LogP contribution >= 0.6 is 44.5 Å². The number of carbonyl (C=O) groups excluding carboxylic acids is 1. The van der Waals surface area contributed by atoms with Crippen LogP contribution in [0.15, 0.2) is 66.7 Å². The Morgan fingerprint density at radius 2 is 1.88 bits per heavy atom. The molecular weight excluding hydrogens is 485 g/mol. The van der Waals surface area contributed by atoms with E-state index in [-0.39, 0.29) is 17.1 Å². The number of carbonyl (C=O) groups is 1. The fraction of sp³-hybridized carbons (Fsp3) is 0.0833. The van der Waals surface area contributed by atoms with Gasteiger partial charge in [0.2, 0.25) is 0 Å². The number of anilines is 2. The smallest absolute Gasteiger partial charge is 0.315 e. The molecule has 4 rings (SSSR count). The molecule has 0 atom stereocenters. The molecule has 1 heterocycles. The number of esters is 1. The van der Waals surface area contributed by atoms with Gasteiger partial charge in [-0.05, 0) is 66.6 Å². The molecule has 1 aromatic heterocycles. The molecule has 0 fully saturated rings. The maximum absolute atomic E-state index is 14.2. The first-order chi connectivity index (χ1) is 15.4. The summed E-state index contributed by atoms with van der Waals surface area (Å²) in [5.41, 5.74) is 3.44. The van der Waals surface area contributed by atoms with Gasteiger partial charge in [-0.15, -0.1) is 0 Å². The zero-order valence-electron chi connectivity index (χ0n) is 16.9. The Morgan fingerprint density at radius 1 is 1.09 bits per heavy atom. The second-order valence-corrected chi connectivity index (χ2v) is 10.4. The Hall–Kier alpha value is -2.58. The van der Waals surface area contributed by atoms with Crippen LogP contribution in [0.2, 0.25) is 5.02 Å². The summed E-state index contributed by atoms with van der Waals surface area (Å²) in [6.07, 6.45) is 0.0176. The van der Waals surface area contributed by atoms with Gasteiger partial charge in [0.05, 0.1) is 17.1 Å². The number of aryl methyl sites for hydroxylation is 1. The summed E-state index contributed by atoms with van der Waals surface area (Å²) in [4.78, 5) is 13.7. The van der Waals surface area contributed by atoms with Gasteiger partial charge in [0.1, 0.15) is 15.4 Å². The van der Waals surface area contributed by atoms with Crippen molar-refractivity contribution in [1.29, 1.82) is 0 Å². The minimum atomic E-state index is -0.471. The van der Waals surface area contributed by atoms with E-state index in [0.717, 1.165) is 19.8 Å². The molecule has 162 valence electrons. The van der Waals surface area contributed by atoms with E-state index in [0.29, 0.717) is 17.0 Å². The zero-order valence-corrected chi connectivity index (χ0v) is 20.1. The summed E-state index contributed by atoms with van der Waals surface area (Å²) in [6, 6.07) is 19.3. The summed E-state index contributed by atoms with van der Waals surface area (Å²) < 4.78 is 20.6. The number of halogens is 2. The predicted molar refractivity (Wildman–Crippen MR) is 134 cm³/mol. The largest absolute Gasteiger partial charge is 0.426 e. The van der Waals surface area contributed by atoms with Crippen LogP contribution in [-0.2, 0) is 11.2 Å². The molecule has 0 radical (unpaired) electrons. The lowest BCUT2D eigenvalue weighted by atomic mass is 10.1. The van der Waals surface area contributed by atoms with Crippen molar-refractivity contribution < 1.29 is 13.9 Å². The van der Waals surface area contributed by atoms with Crippen molar-refractivity contribution in [3.8, 4) is 16.2 Å². The Kier molecular flexibility index (Phi) is 7.01. The highest BCUT2D eigenvalue weighted by molar-refractivity contribution is 7.80. The highest BCUT2D eigenvalue weighted by Crippen LogP contribution is 2.32. The van der Waals surface area contributed by atoms with Crippen molar-refractivity contribution in [2.75, 3.05) is 5.32 Å². The fourth-order valence-electron chi connectivity index (χ4n) is 3.13. The van der Waals surface area contributed by atoms with E-state index in [4.69, 9.17) is 28.6 Å². The Balaban J connectivity index is 1.49. The molecule has 0 bridgehead atoms. The highest BCUT2D eigenvalue weighted by atomic mass is 35.5. The zero-order chi connectivity index (χ0) is 22.7. The van der Waals surface area contributed by atoms with Crippen LogP contribution in [0.3, 0.4) is 0 Å². The van der Waals surface area contributed by atoms with Crippen molar-refractivity contribution >= 4 is 61.8 Å². The van der Waals surface area contributed by atoms with Crippen LogP contribution in [0.25, 0.3) is 10.4 Å². The van der Waals surface area contributed by atoms with Crippen molar-refractivity contribution in [3.63, 3.8) is 0 Å². The van der Waals surface area contributed by atoms with Crippen molar-refractivity contribution in [1.82, 2.24) is 0 Å². The molecule has 0 amide bonds. The van der Waals surface area contributed by atoms with Gasteiger partial charge >= 0.3 is 5.97 Å². The third-order valence-electron chi connectivity index (χ3n) is 4.65. The molecule has 3 nitrogen and oxygen atoms in total. The molecule has 32 heavy (non-hydrogen) atoms. The van der Waals surface area contributed by atoms with Gasteiger partial charge in [-0.25, -0.2) is 4.39 Å². The van der Waals surface area contributed by atoms with Crippen LogP contribution in [0.1, 0.15) is 11.1 Å². The molecule has 0 aliphatic carbocycles. The average Bonchev–Trinajstić information content (AvgIpc) is 3.19. The van der Waals surface area contributed by atoms with Gasteiger partial charge < -0.3 is 10.1 Å². The van der Waals surface area contributed by atoms with Crippen LogP contribution < -0.4 is 10.1 Å². The summed E-state index contributed by atoms with van der Waals surface area (Å²) in [5, 5.41) is 3.27. The monoisotopic (exact) mass is 501 g/mol. The summed E-state index contributed by atoms with van der Waals surface area (Å²) in [5.74, 6) is -0.435. The van der Waals surface area contributed by atoms with Gasteiger partial charge in [-0.1, -0.05) is 68.3 Å². The first-order valence-corrected chi connectivity index (χ1v) is 12.5. The number of rotatable bonds is 6. The third kappa shape index (κ3) is 5.42. The summed E-state index contributed by atoms with van der Waals surface area (Å²) >= 11 is 11.3. The molecule has 0 aliphatic rings. The highest BCUT2D eigenvalue weighted by Gasteiger charge is 2.14. The van der Waals surface area contributed by atoms with Crippen LogP contribution in [0, 0.1) is 16.6 Å². The van der Waals surface area contributed by atoms with Crippen molar-refractivity contribution in [2.24, 2.45) is 0 Å². The minimum Gasteiger partial charge on any atom is -0.426 e. The predicted octanol–water partition coefficient (Wildman–Crippen LogP) is 8.20. The van der Waals surface area contributed by atoms with E-state index in [2.05, 4.69) is 5.32 Å². The molecule has 8 heteroatoms. The molecular formula is C24H17ClFNO2S3. The quantitative estimate of drug-likeness (QED) is 0.125. The number of para-hydroxylation sites is 1. The molecule has 0 saturated carbocycles. The lowest BCUT2D eigenvalue weighted by Crippen LogP contribution is -2.12. The summed E-state index contributed by atoms with van der Waals surface area (Å²) in [6.45, 7) is 1.92. The fourth-order valence-corrected chi connectivity index (χ4v) is 5.74. The number of ether oxygens (including phenoxy) is 1. The van der Waals surface area contributed by atoms with Crippen molar-refractivity contribution in [3.05, 3.63) is 92.5 Å². The van der Waals surface area contributed by atoms with E-state index in [9.17, 15) is 9.18 Å². The first-order valence-electron chi connectivity index (χ1n) is 9.61. The maximum atomic E-state index is 14.2. The number of benzene rings is 3. The standard InChI is InChI=1S/C24H17ClFNO2S3/c1-14-5-10-20(27-24-18(25)3-2-4-19(24)26)16(11-14)12-22(28)29-17-8-6-15(7-9-17)21-13-23(30)32-31-21/h2-11,13,27H,12H2,1H3. The van der Waals surface area contributed by atoms with E-state index in [1.165, 1.54) is 12.1 Å². The van der Waals surface area contributed by atoms with Crippen LogP contribution in [0.5, 0.6) is 5.75 Å². The third-order valence-corrected chi connectivity index (χ3v) is 7.88. The average molecular weight is 502 g/mol. The van der Waals surface area contributed by atoms with E-state index in [1.54, 1.807) is 44.9 Å². The molecule has 1 N–H and O–H groups in total. The van der Waals surface area contributed by atoms with Crippen molar-refractivity contribution in [2.45, 2.75) is 13.3 Å². The molecule has 0 aliphatic heterocycles. The molecule has 0 unspecified atom stereocenters. The summed E-state index contributed by atoms with van der Waals surface area (Å²) in [7, 11) is 3.17. The lowest BCUT2D eigenvalue weighted by Gasteiger charge is -2.14.